The third-order valence-electron chi connectivity index (χ3n) is 4.73. The van der Waals surface area contributed by atoms with Crippen LogP contribution in [0.5, 0.6) is 0 Å². The van der Waals surface area contributed by atoms with Crippen LogP contribution in [0.1, 0.15) is 16.1 Å². The Kier molecular flexibility index (Phi) is 5.09. The van der Waals surface area contributed by atoms with Crippen LogP contribution >= 0.6 is 22.9 Å². The van der Waals surface area contributed by atoms with E-state index in [0.29, 0.717) is 0 Å². The Hall–Kier alpha value is -1.73. The summed E-state index contributed by atoms with van der Waals surface area (Å²) in [6.07, 6.45) is 1.79. The standard InChI is InChI=1S/C19H21ClN4OS/c1-14-4-5-24-18(10-14)21-15(11-19(24)25)12-22-6-8-23(9-7-22)13-16-2-3-17(20)26-16/h2-5,10-11H,6-9,12-13H2,1H3. The summed E-state index contributed by atoms with van der Waals surface area (Å²) >= 11 is 7.66. The van der Waals surface area contributed by atoms with Gasteiger partial charge in [0.2, 0.25) is 0 Å². The number of thiophene rings is 1. The average molecular weight is 389 g/mol. The van der Waals surface area contributed by atoms with Crippen LogP contribution in [0, 0.1) is 6.92 Å². The summed E-state index contributed by atoms with van der Waals surface area (Å²) in [5, 5.41) is 0. The average Bonchev–Trinajstić information content (AvgIpc) is 3.01. The van der Waals surface area contributed by atoms with E-state index in [0.717, 1.165) is 60.5 Å². The lowest BCUT2D eigenvalue weighted by Crippen LogP contribution is -2.45. The lowest BCUT2D eigenvalue weighted by atomic mass is 10.2. The molecule has 0 unspecified atom stereocenters. The molecule has 3 aromatic heterocycles. The molecule has 4 heterocycles. The van der Waals surface area contributed by atoms with E-state index in [1.54, 1.807) is 28.0 Å². The number of pyridine rings is 1. The predicted octanol–water partition coefficient (Wildman–Crippen LogP) is 3.04. The van der Waals surface area contributed by atoms with Crippen molar-refractivity contribution in [3.05, 3.63) is 67.4 Å². The van der Waals surface area contributed by atoms with E-state index in [9.17, 15) is 4.79 Å². The second kappa shape index (κ2) is 7.48. The molecule has 0 amide bonds. The van der Waals surface area contributed by atoms with Crippen molar-refractivity contribution in [3.63, 3.8) is 0 Å². The van der Waals surface area contributed by atoms with Crippen LogP contribution in [0.2, 0.25) is 4.34 Å². The van der Waals surface area contributed by atoms with Crippen LogP contribution in [0.25, 0.3) is 5.65 Å². The first-order valence-electron chi connectivity index (χ1n) is 8.75. The highest BCUT2D eigenvalue weighted by atomic mass is 35.5. The molecule has 0 atom stereocenters. The predicted molar refractivity (Wildman–Crippen MR) is 106 cm³/mol. The van der Waals surface area contributed by atoms with Crippen LogP contribution < -0.4 is 5.56 Å². The maximum atomic E-state index is 12.3. The number of hydrogen-bond donors (Lipinski definition) is 0. The number of aryl methyl sites for hydroxylation is 1. The van der Waals surface area contributed by atoms with Crippen molar-refractivity contribution in [3.8, 4) is 0 Å². The van der Waals surface area contributed by atoms with Crippen molar-refractivity contribution in [1.29, 1.82) is 0 Å². The van der Waals surface area contributed by atoms with Gasteiger partial charge in [0.15, 0.2) is 0 Å². The minimum absolute atomic E-state index is 0.0155. The second-order valence-electron chi connectivity index (χ2n) is 6.78. The Balaban J connectivity index is 1.39. The Morgan fingerprint density at radius 3 is 2.50 bits per heavy atom. The van der Waals surface area contributed by atoms with Gasteiger partial charge in [0.05, 0.1) is 10.0 Å². The number of nitrogens with zero attached hydrogens (tertiary/aromatic N) is 4. The Morgan fingerprint density at radius 2 is 1.81 bits per heavy atom. The molecule has 0 radical (unpaired) electrons. The molecule has 0 N–H and O–H groups in total. The number of aromatic nitrogens is 2. The smallest absolute Gasteiger partial charge is 0.258 e. The van der Waals surface area contributed by atoms with Crippen molar-refractivity contribution >= 4 is 28.6 Å². The molecule has 3 aromatic rings. The topological polar surface area (TPSA) is 40.9 Å². The molecule has 7 heteroatoms. The molecule has 1 aliphatic heterocycles. The third-order valence-corrected chi connectivity index (χ3v) is 5.95. The van der Waals surface area contributed by atoms with Crippen molar-refractivity contribution < 1.29 is 0 Å². The largest absolute Gasteiger partial charge is 0.296 e. The normalized spacial score (nSPS) is 16.4. The van der Waals surface area contributed by atoms with Gasteiger partial charge in [-0.15, -0.1) is 11.3 Å². The molecule has 26 heavy (non-hydrogen) atoms. The van der Waals surface area contributed by atoms with Crippen molar-refractivity contribution in [1.82, 2.24) is 19.2 Å². The van der Waals surface area contributed by atoms with E-state index in [-0.39, 0.29) is 5.56 Å². The van der Waals surface area contributed by atoms with Gasteiger partial charge in [-0.05, 0) is 36.8 Å². The zero-order valence-electron chi connectivity index (χ0n) is 14.7. The minimum atomic E-state index is -0.0155. The Morgan fingerprint density at radius 1 is 1.08 bits per heavy atom. The van der Waals surface area contributed by atoms with Gasteiger partial charge in [0.25, 0.3) is 5.56 Å². The van der Waals surface area contributed by atoms with Crippen LogP contribution in [-0.2, 0) is 13.1 Å². The highest BCUT2D eigenvalue weighted by Crippen LogP contribution is 2.23. The van der Waals surface area contributed by atoms with Crippen LogP contribution in [0.15, 0.2) is 41.3 Å². The molecular formula is C19H21ClN4OS. The molecule has 0 spiro atoms. The van der Waals surface area contributed by atoms with Crippen LogP contribution in [0.3, 0.4) is 0 Å². The van der Waals surface area contributed by atoms with Crippen molar-refractivity contribution in [2.75, 3.05) is 26.2 Å². The van der Waals surface area contributed by atoms with E-state index < -0.39 is 0 Å². The quantitative estimate of drug-likeness (QED) is 0.688. The number of hydrogen-bond acceptors (Lipinski definition) is 5. The number of rotatable bonds is 4. The summed E-state index contributed by atoms with van der Waals surface area (Å²) in [6.45, 7) is 7.68. The maximum Gasteiger partial charge on any atom is 0.258 e. The highest BCUT2D eigenvalue weighted by molar-refractivity contribution is 7.16. The first-order chi connectivity index (χ1) is 12.6. The van der Waals surface area contributed by atoms with E-state index in [2.05, 4.69) is 20.9 Å². The summed E-state index contributed by atoms with van der Waals surface area (Å²) in [5.74, 6) is 0. The molecule has 0 aliphatic carbocycles. The summed E-state index contributed by atoms with van der Waals surface area (Å²) in [6, 6.07) is 9.60. The molecule has 1 aliphatic rings. The van der Waals surface area contributed by atoms with Gasteiger partial charge in [0.1, 0.15) is 5.65 Å². The molecule has 0 aromatic carbocycles. The number of piperazine rings is 1. The fraction of sp³-hybridized carbons (Fsp3) is 0.368. The minimum Gasteiger partial charge on any atom is -0.296 e. The molecule has 5 nitrogen and oxygen atoms in total. The van der Waals surface area contributed by atoms with E-state index in [4.69, 9.17) is 11.6 Å². The summed E-state index contributed by atoms with van der Waals surface area (Å²) < 4.78 is 2.45. The Labute approximate surface area is 161 Å². The monoisotopic (exact) mass is 388 g/mol. The molecular weight excluding hydrogens is 368 g/mol. The summed E-state index contributed by atoms with van der Waals surface area (Å²) in [4.78, 5) is 23.1. The third kappa shape index (κ3) is 3.99. The fourth-order valence-corrected chi connectivity index (χ4v) is 4.46. The van der Waals surface area contributed by atoms with E-state index in [1.807, 2.05) is 25.1 Å². The molecule has 4 rings (SSSR count). The van der Waals surface area contributed by atoms with Gasteiger partial charge < -0.3 is 0 Å². The molecule has 0 bridgehead atoms. The van der Waals surface area contributed by atoms with Crippen molar-refractivity contribution in [2.45, 2.75) is 20.0 Å². The number of halogens is 1. The second-order valence-corrected chi connectivity index (χ2v) is 8.58. The lowest BCUT2D eigenvalue weighted by Gasteiger charge is -2.34. The first kappa shape index (κ1) is 17.7. The van der Waals surface area contributed by atoms with Gasteiger partial charge in [0, 0.05) is 56.4 Å². The van der Waals surface area contributed by atoms with Gasteiger partial charge in [-0.25, -0.2) is 4.98 Å². The van der Waals surface area contributed by atoms with Gasteiger partial charge in [-0.1, -0.05) is 11.6 Å². The Bertz CT molecular complexity index is 975. The van der Waals surface area contributed by atoms with Gasteiger partial charge >= 0.3 is 0 Å². The molecule has 0 saturated carbocycles. The lowest BCUT2D eigenvalue weighted by molar-refractivity contribution is 0.122. The molecule has 136 valence electrons. The van der Waals surface area contributed by atoms with Gasteiger partial charge in [-0.3, -0.25) is 19.0 Å². The van der Waals surface area contributed by atoms with E-state index in [1.165, 1.54) is 4.88 Å². The molecule has 1 saturated heterocycles. The summed E-state index contributed by atoms with van der Waals surface area (Å²) in [5.41, 5.74) is 2.66. The van der Waals surface area contributed by atoms with Crippen molar-refractivity contribution in [2.24, 2.45) is 0 Å². The van der Waals surface area contributed by atoms with Gasteiger partial charge in [-0.2, -0.15) is 0 Å². The first-order valence-corrected chi connectivity index (χ1v) is 9.94. The maximum absolute atomic E-state index is 12.3. The number of fused-ring (bicyclic) bond motifs is 1. The fourth-order valence-electron chi connectivity index (χ4n) is 3.33. The highest BCUT2D eigenvalue weighted by Gasteiger charge is 2.18. The summed E-state index contributed by atoms with van der Waals surface area (Å²) in [7, 11) is 0. The van der Waals surface area contributed by atoms with Crippen LogP contribution in [0.4, 0.5) is 0 Å². The zero-order valence-corrected chi connectivity index (χ0v) is 16.3. The molecule has 1 fully saturated rings. The van der Waals surface area contributed by atoms with Crippen LogP contribution in [-0.4, -0.2) is 45.4 Å². The van der Waals surface area contributed by atoms with E-state index >= 15 is 0 Å². The SMILES string of the molecule is Cc1ccn2c(=O)cc(CN3CCN(Cc4ccc(Cl)s4)CC3)nc2c1. The zero-order chi connectivity index (χ0) is 18.1.